The fourth-order valence-electron chi connectivity index (χ4n) is 4.75. The van der Waals surface area contributed by atoms with Gasteiger partial charge in [-0.1, -0.05) is 0 Å². The lowest BCUT2D eigenvalue weighted by Crippen LogP contribution is -2.66. The Morgan fingerprint density at radius 2 is 2.19 bits per heavy atom. The number of fused-ring (bicyclic) bond motifs is 4. The Kier molecular flexibility index (Phi) is 5.77. The summed E-state index contributed by atoms with van der Waals surface area (Å²) in [4.78, 5) is 30.6. The van der Waals surface area contributed by atoms with E-state index >= 15 is 0 Å². The highest BCUT2D eigenvalue weighted by Crippen LogP contribution is 2.39. The van der Waals surface area contributed by atoms with Gasteiger partial charge in [0, 0.05) is 31.7 Å². The van der Waals surface area contributed by atoms with Crippen molar-refractivity contribution in [2.45, 2.75) is 37.8 Å². The third-order valence-electron chi connectivity index (χ3n) is 5.89. The summed E-state index contributed by atoms with van der Waals surface area (Å²) >= 11 is 0. The predicted octanol–water partition coefficient (Wildman–Crippen LogP) is 1.36. The summed E-state index contributed by atoms with van der Waals surface area (Å²) in [6.07, 6.45) is 6.10. The van der Waals surface area contributed by atoms with Gasteiger partial charge in [-0.3, -0.25) is 14.6 Å². The van der Waals surface area contributed by atoms with E-state index in [-0.39, 0.29) is 36.0 Å². The maximum absolute atomic E-state index is 13.7. The van der Waals surface area contributed by atoms with Crippen LogP contribution in [0.1, 0.15) is 36.0 Å². The molecule has 0 aromatic carbocycles. The summed E-state index contributed by atoms with van der Waals surface area (Å²) in [6, 6.07) is 1.62. The minimum absolute atomic E-state index is 0. The second kappa shape index (κ2) is 7.88. The molecule has 142 valence electrons. The largest absolute Gasteiger partial charge is 0.350 e. The van der Waals surface area contributed by atoms with Crippen molar-refractivity contribution in [3.8, 4) is 0 Å². The second-order valence-electron chi connectivity index (χ2n) is 7.31. The van der Waals surface area contributed by atoms with Crippen LogP contribution in [0.5, 0.6) is 0 Å². The fourth-order valence-corrected chi connectivity index (χ4v) is 4.75. The number of carbonyl (C=O) groups excluding carboxylic acids is 2. The summed E-state index contributed by atoms with van der Waals surface area (Å²) in [5.41, 5.74) is -0.00743. The number of carbonyl (C=O) groups is 2. The van der Waals surface area contributed by atoms with Crippen molar-refractivity contribution in [1.29, 1.82) is 0 Å². The van der Waals surface area contributed by atoms with Gasteiger partial charge in [-0.25, -0.2) is 4.39 Å². The molecule has 0 radical (unpaired) electrons. The molecule has 0 spiro atoms. The molecule has 0 saturated carbocycles. The first-order chi connectivity index (χ1) is 12.1. The maximum Gasteiger partial charge on any atom is 0.254 e. The van der Waals surface area contributed by atoms with Crippen LogP contribution in [0.4, 0.5) is 4.39 Å². The molecule has 3 fully saturated rings. The Morgan fingerprint density at radius 1 is 1.38 bits per heavy atom. The highest BCUT2D eigenvalue weighted by Gasteiger charge is 2.47. The Labute approximate surface area is 158 Å². The zero-order valence-electron chi connectivity index (χ0n) is 14.5. The molecule has 0 aliphatic carbocycles. The third kappa shape index (κ3) is 3.42. The molecule has 2 amide bonds. The van der Waals surface area contributed by atoms with E-state index in [1.165, 1.54) is 12.3 Å². The van der Waals surface area contributed by atoms with Crippen LogP contribution in [0.25, 0.3) is 0 Å². The van der Waals surface area contributed by atoms with E-state index in [2.05, 4.69) is 15.6 Å². The van der Waals surface area contributed by atoms with Crippen LogP contribution >= 0.6 is 12.4 Å². The van der Waals surface area contributed by atoms with Crippen LogP contribution in [0.2, 0.25) is 0 Å². The molecule has 0 unspecified atom stereocenters. The summed E-state index contributed by atoms with van der Waals surface area (Å²) in [5, 5.41) is 6.31. The molecule has 4 atom stereocenters. The fraction of sp³-hybridized carbons (Fsp3) is 0.611. The van der Waals surface area contributed by atoms with Gasteiger partial charge in [-0.15, -0.1) is 12.4 Å². The second-order valence-corrected chi connectivity index (χ2v) is 7.31. The predicted molar refractivity (Wildman–Crippen MR) is 96.5 cm³/mol. The number of nitrogens with one attached hydrogen (secondary N) is 2. The maximum atomic E-state index is 13.7. The topological polar surface area (TPSA) is 74.3 Å². The van der Waals surface area contributed by atoms with Crippen molar-refractivity contribution in [1.82, 2.24) is 20.5 Å². The number of pyridine rings is 1. The Bertz CT molecular complexity index is 689. The van der Waals surface area contributed by atoms with Gasteiger partial charge < -0.3 is 15.5 Å². The van der Waals surface area contributed by atoms with Crippen LogP contribution in [0.15, 0.2) is 18.5 Å². The number of hydrogen-bond acceptors (Lipinski definition) is 4. The summed E-state index contributed by atoms with van der Waals surface area (Å²) in [5.74, 6) is -0.0452. The van der Waals surface area contributed by atoms with Gasteiger partial charge in [0.2, 0.25) is 5.91 Å². The van der Waals surface area contributed by atoms with Crippen molar-refractivity contribution in [2.24, 2.45) is 11.8 Å². The number of nitrogens with zero attached hydrogens (tertiary/aromatic N) is 2. The van der Waals surface area contributed by atoms with Crippen molar-refractivity contribution in [2.75, 3.05) is 19.6 Å². The van der Waals surface area contributed by atoms with E-state index in [0.29, 0.717) is 24.8 Å². The molecule has 1 aromatic heterocycles. The SMILES string of the molecule is Cl.O=C(NC[C@H]1[C@@H]2CNC[C@@H](C2)[C@@H]2CCCC(=O)N21)c1ccncc1F. The van der Waals surface area contributed by atoms with Crippen LogP contribution < -0.4 is 10.6 Å². The van der Waals surface area contributed by atoms with Crippen LogP contribution in [0.3, 0.4) is 0 Å². The zero-order valence-corrected chi connectivity index (χ0v) is 15.3. The smallest absolute Gasteiger partial charge is 0.254 e. The average Bonchev–Trinajstić information content (AvgIpc) is 2.62. The molecule has 8 heteroatoms. The standard InChI is InChI=1S/C18H23FN4O2.ClH/c19-14-9-20-5-4-13(14)18(25)22-10-16-12-6-11(7-21-8-12)15-2-1-3-17(24)23(15)16;/h4-5,9,11-12,15-16,21H,1-3,6-8,10H2,(H,22,25);1H/t11-,12+,15+,16+;/m1./s1. The van der Waals surface area contributed by atoms with Gasteiger partial charge in [0.15, 0.2) is 5.82 Å². The van der Waals surface area contributed by atoms with E-state index in [1.54, 1.807) is 0 Å². The molecule has 2 N–H and O–H groups in total. The number of rotatable bonds is 3. The van der Waals surface area contributed by atoms with Crippen molar-refractivity contribution < 1.29 is 14.0 Å². The Morgan fingerprint density at radius 3 is 3.00 bits per heavy atom. The molecule has 26 heavy (non-hydrogen) atoms. The lowest BCUT2D eigenvalue weighted by Gasteiger charge is -2.54. The zero-order chi connectivity index (χ0) is 17.4. The molecule has 2 bridgehead atoms. The van der Waals surface area contributed by atoms with Gasteiger partial charge >= 0.3 is 0 Å². The molecular weight excluding hydrogens is 359 g/mol. The number of aromatic nitrogens is 1. The highest BCUT2D eigenvalue weighted by molar-refractivity contribution is 5.94. The van der Waals surface area contributed by atoms with Gasteiger partial charge in [0.1, 0.15) is 0 Å². The summed E-state index contributed by atoms with van der Waals surface area (Å²) in [6.45, 7) is 2.19. The molecule has 4 rings (SSSR count). The van der Waals surface area contributed by atoms with Crippen molar-refractivity contribution in [3.05, 3.63) is 29.8 Å². The van der Waals surface area contributed by atoms with Crippen LogP contribution in [-0.2, 0) is 4.79 Å². The highest BCUT2D eigenvalue weighted by atomic mass is 35.5. The molecule has 4 heterocycles. The lowest BCUT2D eigenvalue weighted by molar-refractivity contribution is -0.148. The number of piperidine rings is 3. The van der Waals surface area contributed by atoms with Crippen LogP contribution in [0, 0.1) is 17.7 Å². The normalized spacial score (nSPS) is 30.2. The molecule has 3 aliphatic rings. The third-order valence-corrected chi connectivity index (χ3v) is 5.89. The van der Waals surface area contributed by atoms with E-state index in [4.69, 9.17) is 0 Å². The summed E-state index contributed by atoms with van der Waals surface area (Å²) < 4.78 is 13.7. The minimum Gasteiger partial charge on any atom is -0.350 e. The first-order valence-electron chi connectivity index (χ1n) is 9.04. The van der Waals surface area contributed by atoms with Gasteiger partial charge in [-0.05, 0) is 43.7 Å². The molecule has 3 saturated heterocycles. The minimum atomic E-state index is -0.630. The van der Waals surface area contributed by atoms with Gasteiger partial charge in [0.25, 0.3) is 5.91 Å². The Balaban J connectivity index is 0.00000196. The van der Waals surface area contributed by atoms with Gasteiger partial charge in [0.05, 0.1) is 17.8 Å². The van der Waals surface area contributed by atoms with E-state index in [1.807, 2.05) is 4.90 Å². The molecule has 3 aliphatic heterocycles. The molecule has 1 aromatic rings. The van der Waals surface area contributed by atoms with Crippen molar-refractivity contribution in [3.63, 3.8) is 0 Å². The average molecular weight is 383 g/mol. The first kappa shape index (κ1) is 19.0. The number of amides is 2. The molecular formula is C18H24ClFN4O2. The van der Waals surface area contributed by atoms with E-state index < -0.39 is 11.7 Å². The summed E-state index contributed by atoms with van der Waals surface area (Å²) in [7, 11) is 0. The monoisotopic (exact) mass is 382 g/mol. The quantitative estimate of drug-likeness (QED) is 0.827. The number of halogens is 2. The van der Waals surface area contributed by atoms with E-state index in [0.717, 1.165) is 38.5 Å². The number of hydrogen-bond donors (Lipinski definition) is 2. The Hall–Kier alpha value is -1.73. The van der Waals surface area contributed by atoms with Gasteiger partial charge in [-0.2, -0.15) is 0 Å². The molecule has 6 nitrogen and oxygen atoms in total. The first-order valence-corrected chi connectivity index (χ1v) is 9.04. The van der Waals surface area contributed by atoms with Crippen molar-refractivity contribution >= 4 is 24.2 Å². The van der Waals surface area contributed by atoms with E-state index in [9.17, 15) is 14.0 Å². The van der Waals surface area contributed by atoms with Crippen LogP contribution in [-0.4, -0.2) is 53.4 Å². The lowest BCUT2D eigenvalue weighted by atomic mass is 9.72.